The molecule has 1 aromatic carbocycles. The highest BCUT2D eigenvalue weighted by Gasteiger charge is 2.21. The molecule has 1 unspecified atom stereocenters. The van der Waals surface area contributed by atoms with Crippen LogP contribution in [0.25, 0.3) is 0 Å². The fourth-order valence-electron chi connectivity index (χ4n) is 2.27. The molecule has 4 heteroatoms. The number of likely N-dealkylation sites (N-methyl/N-ethyl adjacent to an activating group) is 1. The molecule has 1 atom stereocenters. The predicted octanol–water partition coefficient (Wildman–Crippen LogP) is 2.20. The van der Waals surface area contributed by atoms with E-state index in [0.717, 1.165) is 36.0 Å². The molecule has 1 saturated heterocycles. The third-order valence-electron chi connectivity index (χ3n) is 3.48. The van der Waals surface area contributed by atoms with Crippen molar-refractivity contribution >= 4 is 21.8 Å². The number of hydrogen-bond acceptors (Lipinski definition) is 2. The van der Waals surface area contributed by atoms with Crippen LogP contribution in [-0.4, -0.2) is 37.0 Å². The molecule has 98 valence electrons. The lowest BCUT2D eigenvalue weighted by Gasteiger charge is -2.31. The van der Waals surface area contributed by atoms with Crippen LogP contribution >= 0.6 is 15.9 Å². The molecule has 1 heterocycles. The number of hydrogen-bond donors (Lipinski definition) is 1. The summed E-state index contributed by atoms with van der Waals surface area (Å²) < 4.78 is 1.04. The summed E-state index contributed by atoms with van der Waals surface area (Å²) in [6.07, 6.45) is 2.75. The summed E-state index contributed by atoms with van der Waals surface area (Å²) in [5, 5.41) is 3.34. The van der Waals surface area contributed by atoms with Gasteiger partial charge in [0.05, 0.1) is 6.42 Å². The van der Waals surface area contributed by atoms with E-state index in [-0.39, 0.29) is 5.91 Å². The number of nitrogens with zero attached hydrogens (tertiary/aromatic N) is 1. The lowest BCUT2D eigenvalue weighted by atomic mass is 10.1. The van der Waals surface area contributed by atoms with Crippen molar-refractivity contribution in [2.24, 2.45) is 0 Å². The summed E-state index contributed by atoms with van der Waals surface area (Å²) in [7, 11) is 1.92. The topological polar surface area (TPSA) is 32.3 Å². The Hall–Kier alpha value is -0.870. The van der Waals surface area contributed by atoms with E-state index >= 15 is 0 Å². The first kappa shape index (κ1) is 13.6. The maximum Gasteiger partial charge on any atom is 0.227 e. The quantitative estimate of drug-likeness (QED) is 0.928. The molecule has 1 fully saturated rings. The number of rotatable bonds is 3. The van der Waals surface area contributed by atoms with Crippen molar-refractivity contribution in [3.63, 3.8) is 0 Å². The normalized spacial score (nSPS) is 19.6. The molecule has 1 aliphatic heterocycles. The Morgan fingerprint density at radius 1 is 1.44 bits per heavy atom. The summed E-state index contributed by atoms with van der Waals surface area (Å²) in [6, 6.07) is 8.29. The van der Waals surface area contributed by atoms with Gasteiger partial charge in [-0.3, -0.25) is 4.79 Å². The zero-order chi connectivity index (χ0) is 13.0. The van der Waals surface area contributed by atoms with Crippen molar-refractivity contribution < 1.29 is 4.79 Å². The molecule has 0 spiro atoms. The molecule has 0 aromatic heterocycles. The molecule has 3 nitrogen and oxygen atoms in total. The Morgan fingerprint density at radius 3 is 2.78 bits per heavy atom. The first-order valence-electron chi connectivity index (χ1n) is 6.37. The van der Waals surface area contributed by atoms with Gasteiger partial charge in [-0.2, -0.15) is 0 Å². The van der Waals surface area contributed by atoms with Crippen LogP contribution in [0.4, 0.5) is 0 Å². The van der Waals surface area contributed by atoms with Crippen LogP contribution in [0.3, 0.4) is 0 Å². The lowest BCUT2D eigenvalue weighted by molar-refractivity contribution is -0.131. The maximum atomic E-state index is 12.2. The van der Waals surface area contributed by atoms with Gasteiger partial charge in [-0.25, -0.2) is 0 Å². The standard InChI is InChI=1S/C14H19BrN2O/c1-17(13-3-2-8-16-10-13)14(18)9-11-4-6-12(15)7-5-11/h4-7,13,16H,2-3,8-10H2,1H3. The minimum absolute atomic E-state index is 0.200. The molecule has 1 aromatic rings. The van der Waals surface area contributed by atoms with E-state index < -0.39 is 0 Å². The van der Waals surface area contributed by atoms with E-state index in [2.05, 4.69) is 21.2 Å². The average molecular weight is 311 g/mol. The molecule has 0 bridgehead atoms. The van der Waals surface area contributed by atoms with E-state index in [1.165, 1.54) is 0 Å². The van der Waals surface area contributed by atoms with Crippen LogP contribution in [0.15, 0.2) is 28.7 Å². The minimum atomic E-state index is 0.200. The van der Waals surface area contributed by atoms with Crippen LogP contribution in [-0.2, 0) is 11.2 Å². The van der Waals surface area contributed by atoms with Gasteiger partial charge >= 0.3 is 0 Å². The molecular weight excluding hydrogens is 292 g/mol. The first-order chi connectivity index (χ1) is 8.66. The summed E-state index contributed by atoms with van der Waals surface area (Å²) >= 11 is 3.40. The van der Waals surface area contributed by atoms with Gasteiger partial charge in [0.1, 0.15) is 0 Å². The Balaban J connectivity index is 1.92. The van der Waals surface area contributed by atoms with Crippen molar-refractivity contribution in [2.45, 2.75) is 25.3 Å². The number of piperidine rings is 1. The van der Waals surface area contributed by atoms with E-state index in [9.17, 15) is 4.79 Å². The van der Waals surface area contributed by atoms with E-state index in [0.29, 0.717) is 12.5 Å². The number of carbonyl (C=O) groups excluding carboxylic acids is 1. The van der Waals surface area contributed by atoms with Gasteiger partial charge < -0.3 is 10.2 Å². The summed E-state index contributed by atoms with van der Waals surface area (Å²) in [5.41, 5.74) is 1.07. The second-order valence-corrected chi connectivity index (χ2v) is 5.72. The molecule has 1 aliphatic rings. The van der Waals surface area contributed by atoms with Crippen molar-refractivity contribution in [2.75, 3.05) is 20.1 Å². The SMILES string of the molecule is CN(C(=O)Cc1ccc(Br)cc1)C1CCCNC1. The van der Waals surface area contributed by atoms with Gasteiger partial charge in [0, 0.05) is 24.1 Å². The minimum Gasteiger partial charge on any atom is -0.341 e. The average Bonchev–Trinajstić information content (AvgIpc) is 2.41. The number of nitrogens with one attached hydrogen (secondary N) is 1. The van der Waals surface area contributed by atoms with Gasteiger partial charge in [-0.1, -0.05) is 28.1 Å². The van der Waals surface area contributed by atoms with Crippen LogP contribution in [0.2, 0.25) is 0 Å². The molecule has 0 radical (unpaired) electrons. The van der Waals surface area contributed by atoms with E-state index in [1.54, 1.807) is 0 Å². The highest BCUT2D eigenvalue weighted by atomic mass is 79.9. The van der Waals surface area contributed by atoms with Gasteiger partial charge in [-0.05, 0) is 37.1 Å². The second-order valence-electron chi connectivity index (χ2n) is 4.81. The second kappa shape index (κ2) is 6.34. The van der Waals surface area contributed by atoms with E-state index in [4.69, 9.17) is 0 Å². The predicted molar refractivity (Wildman–Crippen MR) is 76.5 cm³/mol. The molecule has 18 heavy (non-hydrogen) atoms. The molecular formula is C14H19BrN2O. The maximum absolute atomic E-state index is 12.2. The van der Waals surface area contributed by atoms with Crippen LogP contribution in [0, 0.1) is 0 Å². The van der Waals surface area contributed by atoms with Crippen molar-refractivity contribution in [3.05, 3.63) is 34.3 Å². The van der Waals surface area contributed by atoms with Crippen molar-refractivity contribution in [1.29, 1.82) is 0 Å². The fraction of sp³-hybridized carbons (Fsp3) is 0.500. The lowest BCUT2D eigenvalue weighted by Crippen LogP contribution is -2.47. The largest absolute Gasteiger partial charge is 0.341 e. The smallest absolute Gasteiger partial charge is 0.227 e. The van der Waals surface area contributed by atoms with Crippen LogP contribution in [0.5, 0.6) is 0 Å². The van der Waals surface area contributed by atoms with E-state index in [1.807, 2.05) is 36.2 Å². The highest BCUT2D eigenvalue weighted by Crippen LogP contribution is 2.13. The Kier molecular flexibility index (Phi) is 4.78. The number of amides is 1. The zero-order valence-electron chi connectivity index (χ0n) is 10.7. The summed E-state index contributed by atoms with van der Waals surface area (Å²) in [5.74, 6) is 0.200. The molecule has 1 amide bonds. The van der Waals surface area contributed by atoms with Crippen LogP contribution in [0.1, 0.15) is 18.4 Å². The number of carbonyl (C=O) groups is 1. The monoisotopic (exact) mass is 310 g/mol. The molecule has 2 rings (SSSR count). The third kappa shape index (κ3) is 3.56. The number of halogens is 1. The van der Waals surface area contributed by atoms with Gasteiger partial charge in [0.2, 0.25) is 5.91 Å². The Bertz CT molecular complexity index is 399. The fourth-order valence-corrected chi connectivity index (χ4v) is 2.53. The van der Waals surface area contributed by atoms with Gasteiger partial charge in [0.15, 0.2) is 0 Å². The third-order valence-corrected chi connectivity index (χ3v) is 4.01. The highest BCUT2D eigenvalue weighted by molar-refractivity contribution is 9.10. The first-order valence-corrected chi connectivity index (χ1v) is 7.17. The van der Waals surface area contributed by atoms with Crippen molar-refractivity contribution in [3.8, 4) is 0 Å². The molecule has 0 aliphatic carbocycles. The summed E-state index contributed by atoms with van der Waals surface area (Å²) in [4.78, 5) is 14.1. The zero-order valence-corrected chi connectivity index (χ0v) is 12.2. The Labute approximate surface area is 117 Å². The Morgan fingerprint density at radius 2 is 2.17 bits per heavy atom. The summed E-state index contributed by atoms with van der Waals surface area (Å²) in [6.45, 7) is 1.99. The van der Waals surface area contributed by atoms with Gasteiger partial charge in [0.25, 0.3) is 0 Å². The molecule has 1 N–H and O–H groups in total. The van der Waals surface area contributed by atoms with Crippen LogP contribution < -0.4 is 5.32 Å². The van der Waals surface area contributed by atoms with Crippen molar-refractivity contribution in [1.82, 2.24) is 10.2 Å². The molecule has 0 saturated carbocycles. The number of benzene rings is 1. The van der Waals surface area contributed by atoms with Gasteiger partial charge in [-0.15, -0.1) is 0 Å².